The molecule has 0 aromatic heterocycles. The molecule has 0 unspecified atom stereocenters. The lowest BCUT2D eigenvalue weighted by molar-refractivity contribution is -0.384. The number of nitrogens with one attached hydrogen (secondary N) is 2. The second-order valence-corrected chi connectivity index (χ2v) is 13.0. The number of thioether (sulfide) groups is 1. The lowest BCUT2D eigenvalue weighted by Crippen LogP contribution is -2.34. The van der Waals surface area contributed by atoms with Crippen molar-refractivity contribution in [2.75, 3.05) is 5.32 Å². The van der Waals surface area contributed by atoms with Crippen LogP contribution in [-0.4, -0.2) is 30.5 Å². The van der Waals surface area contributed by atoms with Crippen LogP contribution < -0.4 is 10.0 Å². The number of nitro benzene ring substituents is 1. The van der Waals surface area contributed by atoms with Crippen LogP contribution in [0.5, 0.6) is 0 Å². The monoisotopic (exact) mass is 605 g/mol. The van der Waals surface area contributed by atoms with Gasteiger partial charge in [0.2, 0.25) is 0 Å². The van der Waals surface area contributed by atoms with Gasteiger partial charge in [-0.3, -0.25) is 14.9 Å². The van der Waals surface area contributed by atoms with Crippen LogP contribution in [0.4, 0.5) is 15.8 Å². The molecule has 0 radical (unpaired) electrons. The summed E-state index contributed by atoms with van der Waals surface area (Å²) in [4.78, 5) is 24.9. The first-order chi connectivity index (χ1) is 20.2. The Labute approximate surface area is 247 Å². The highest BCUT2D eigenvalue weighted by Gasteiger charge is 2.29. The van der Waals surface area contributed by atoms with Gasteiger partial charge in [0.1, 0.15) is 11.5 Å². The lowest BCUT2D eigenvalue weighted by atomic mass is 9.94. The Morgan fingerprint density at radius 2 is 1.52 bits per heavy atom. The quantitative estimate of drug-likeness (QED) is 0.155. The largest absolute Gasteiger partial charge is 0.376 e. The van der Waals surface area contributed by atoms with Crippen molar-refractivity contribution in [1.82, 2.24) is 4.72 Å². The number of hydrogen-bond donors (Lipinski definition) is 2. The summed E-state index contributed by atoms with van der Waals surface area (Å²) in [5.74, 6) is -1.25. The zero-order chi connectivity index (χ0) is 29.7. The van der Waals surface area contributed by atoms with Crippen molar-refractivity contribution in [3.8, 4) is 11.1 Å². The van der Waals surface area contributed by atoms with Crippen LogP contribution in [0.25, 0.3) is 11.1 Å². The van der Waals surface area contributed by atoms with E-state index in [9.17, 15) is 27.7 Å². The fourth-order valence-corrected chi connectivity index (χ4v) is 7.24. The molecule has 1 fully saturated rings. The molecule has 4 aromatic carbocycles. The van der Waals surface area contributed by atoms with Crippen molar-refractivity contribution in [2.45, 2.75) is 46.8 Å². The molecule has 42 heavy (non-hydrogen) atoms. The second-order valence-electron chi connectivity index (χ2n) is 9.96. The molecular weight excluding hydrogens is 577 g/mol. The van der Waals surface area contributed by atoms with E-state index in [0.29, 0.717) is 0 Å². The van der Waals surface area contributed by atoms with Crippen LogP contribution in [-0.2, 0) is 10.0 Å². The number of nitrogens with zero attached hydrogens (tertiary/aromatic N) is 1. The van der Waals surface area contributed by atoms with Crippen LogP contribution >= 0.6 is 11.8 Å². The van der Waals surface area contributed by atoms with Crippen molar-refractivity contribution in [3.63, 3.8) is 0 Å². The number of benzene rings is 4. The summed E-state index contributed by atoms with van der Waals surface area (Å²) in [7, 11) is -4.41. The molecule has 1 aliphatic carbocycles. The number of rotatable bonds is 9. The molecule has 0 spiro atoms. The average molecular weight is 606 g/mol. The van der Waals surface area contributed by atoms with E-state index in [0.717, 1.165) is 47.8 Å². The lowest BCUT2D eigenvalue weighted by Gasteiger charge is -2.32. The Hall–Kier alpha value is -4.22. The summed E-state index contributed by atoms with van der Waals surface area (Å²) in [5.41, 5.74) is 1.37. The highest BCUT2D eigenvalue weighted by Crippen LogP contribution is 2.37. The van der Waals surface area contributed by atoms with Crippen LogP contribution in [0.2, 0.25) is 0 Å². The molecule has 1 aliphatic rings. The third-order valence-corrected chi connectivity index (χ3v) is 9.84. The van der Waals surface area contributed by atoms with Gasteiger partial charge in [0, 0.05) is 27.8 Å². The van der Waals surface area contributed by atoms with Gasteiger partial charge in [-0.05, 0) is 72.5 Å². The van der Waals surface area contributed by atoms with E-state index in [4.69, 9.17) is 0 Å². The minimum absolute atomic E-state index is 0.0392. The van der Waals surface area contributed by atoms with Crippen LogP contribution in [0, 0.1) is 15.9 Å². The Balaban J connectivity index is 1.31. The van der Waals surface area contributed by atoms with E-state index >= 15 is 0 Å². The number of amides is 1. The zero-order valence-electron chi connectivity index (χ0n) is 22.4. The van der Waals surface area contributed by atoms with Crippen molar-refractivity contribution < 1.29 is 22.5 Å². The molecule has 2 N–H and O–H groups in total. The molecule has 0 heterocycles. The van der Waals surface area contributed by atoms with Gasteiger partial charge in [-0.2, -0.15) is 0 Å². The third-order valence-electron chi connectivity index (χ3n) is 7.10. The first kappa shape index (κ1) is 29.3. The van der Waals surface area contributed by atoms with Crippen molar-refractivity contribution in [3.05, 3.63) is 119 Å². The fraction of sp³-hybridized carbons (Fsp3) is 0.194. The van der Waals surface area contributed by atoms with E-state index in [-0.39, 0.29) is 34.0 Å². The molecule has 8 nitrogen and oxygen atoms in total. The number of carbonyl (C=O) groups excluding carboxylic acids is 1. The van der Waals surface area contributed by atoms with Crippen LogP contribution in [0.15, 0.2) is 107 Å². The molecule has 0 aliphatic heterocycles. The molecule has 216 valence electrons. The molecule has 2 atom stereocenters. The maximum atomic E-state index is 13.2. The van der Waals surface area contributed by atoms with E-state index in [1.165, 1.54) is 36.4 Å². The highest BCUT2D eigenvalue weighted by molar-refractivity contribution is 8.00. The predicted molar refractivity (Wildman–Crippen MR) is 162 cm³/mol. The van der Waals surface area contributed by atoms with Gasteiger partial charge in [-0.15, -0.1) is 11.8 Å². The molecule has 11 heteroatoms. The maximum absolute atomic E-state index is 13.2. The molecule has 1 amide bonds. The molecule has 0 bridgehead atoms. The van der Waals surface area contributed by atoms with Gasteiger partial charge in [0.05, 0.1) is 9.82 Å². The molecule has 4 aromatic rings. The topological polar surface area (TPSA) is 118 Å². The summed E-state index contributed by atoms with van der Waals surface area (Å²) in [6, 6.07) is 25.5. The van der Waals surface area contributed by atoms with Gasteiger partial charge < -0.3 is 5.32 Å². The van der Waals surface area contributed by atoms with E-state index < -0.39 is 25.7 Å². The third kappa shape index (κ3) is 6.97. The first-order valence-electron chi connectivity index (χ1n) is 13.4. The van der Waals surface area contributed by atoms with Gasteiger partial charge >= 0.3 is 0 Å². The number of carbonyl (C=O) groups is 1. The van der Waals surface area contributed by atoms with Gasteiger partial charge in [0.15, 0.2) is 0 Å². The number of nitro groups is 1. The number of halogens is 1. The normalized spacial score (nSPS) is 16.9. The standard InChI is InChI=1S/C31H28FN3O5S2/c32-24-16-14-22(15-17-24)21-10-12-23(13-11-21)31(36)34-42(39,40)26-18-19-27(29(20-26)35(37)38)33-28-8-4-5-9-30(28)41-25-6-2-1-3-7-25/h1-3,6-7,10-20,28,30,33H,4-5,8-9H2,(H,34,36)/t28-,30-/m1/s1. The maximum Gasteiger partial charge on any atom is 0.293 e. The van der Waals surface area contributed by atoms with E-state index in [1.54, 1.807) is 36.0 Å². The Morgan fingerprint density at radius 3 is 2.19 bits per heavy atom. The minimum Gasteiger partial charge on any atom is -0.376 e. The zero-order valence-corrected chi connectivity index (χ0v) is 24.0. The van der Waals surface area contributed by atoms with Gasteiger partial charge in [-0.1, -0.05) is 55.3 Å². The average Bonchev–Trinajstić information content (AvgIpc) is 2.99. The van der Waals surface area contributed by atoms with Crippen molar-refractivity contribution >= 4 is 39.1 Å². The van der Waals surface area contributed by atoms with Crippen molar-refractivity contribution in [1.29, 1.82) is 0 Å². The summed E-state index contributed by atoms with van der Waals surface area (Å²) < 4.78 is 41.3. The summed E-state index contributed by atoms with van der Waals surface area (Å²) >= 11 is 1.73. The van der Waals surface area contributed by atoms with E-state index in [1.807, 2.05) is 35.1 Å². The molecule has 5 rings (SSSR count). The second kappa shape index (κ2) is 12.7. The smallest absolute Gasteiger partial charge is 0.293 e. The van der Waals surface area contributed by atoms with Crippen molar-refractivity contribution in [2.24, 2.45) is 0 Å². The Kier molecular flexibility index (Phi) is 8.89. The first-order valence-corrected chi connectivity index (χ1v) is 15.8. The van der Waals surface area contributed by atoms with E-state index in [2.05, 4.69) is 5.32 Å². The number of anilines is 1. The van der Waals surface area contributed by atoms with Gasteiger partial charge in [-0.25, -0.2) is 17.5 Å². The van der Waals surface area contributed by atoms with Crippen LogP contribution in [0.3, 0.4) is 0 Å². The highest BCUT2D eigenvalue weighted by atomic mass is 32.2. The Morgan fingerprint density at radius 1 is 0.881 bits per heavy atom. The molecule has 1 saturated carbocycles. The number of hydrogen-bond acceptors (Lipinski definition) is 7. The SMILES string of the molecule is O=C(NS(=O)(=O)c1ccc(N[C@@H]2CCCC[C@H]2Sc2ccccc2)c([N+](=O)[O-])c1)c1ccc(-c2ccc(F)cc2)cc1. The Bertz CT molecular complexity index is 1680. The van der Waals surface area contributed by atoms with Gasteiger partial charge in [0.25, 0.3) is 21.6 Å². The summed E-state index contributed by atoms with van der Waals surface area (Å²) in [6.07, 6.45) is 3.84. The molecule has 0 saturated heterocycles. The predicted octanol–water partition coefficient (Wildman–Crippen LogP) is 7.04. The fourth-order valence-electron chi connectivity index (χ4n) is 4.92. The van der Waals surface area contributed by atoms with Crippen LogP contribution in [0.1, 0.15) is 36.0 Å². The molecular formula is C31H28FN3O5S2. The summed E-state index contributed by atoms with van der Waals surface area (Å²) in [6.45, 7) is 0. The summed E-state index contributed by atoms with van der Waals surface area (Å²) in [5, 5.41) is 15.5. The number of sulfonamides is 1. The minimum atomic E-state index is -4.41.